The quantitative estimate of drug-likeness (QED) is 0.723. The van der Waals surface area contributed by atoms with Crippen LogP contribution in [0.3, 0.4) is 0 Å². The largest absolute Gasteiger partial charge is 0.380 e. The van der Waals surface area contributed by atoms with E-state index in [0.717, 1.165) is 0 Å². The number of hydrogen-bond donors (Lipinski definition) is 1. The van der Waals surface area contributed by atoms with Crippen LogP contribution in [0.5, 0.6) is 0 Å². The predicted octanol–water partition coefficient (Wildman–Crippen LogP) is 1.11. The first-order valence-electron chi connectivity index (χ1n) is 5.09. The summed E-state index contributed by atoms with van der Waals surface area (Å²) in [5, 5.41) is 9.75. The van der Waals surface area contributed by atoms with Crippen LogP contribution in [-0.2, 0) is 4.74 Å². The van der Waals surface area contributed by atoms with E-state index in [1.165, 1.54) is 0 Å². The Morgan fingerprint density at radius 2 is 2.00 bits per heavy atom. The molecule has 0 aromatic rings. The molecule has 0 aromatic carbocycles. The Labute approximate surface area is 89.0 Å². The van der Waals surface area contributed by atoms with E-state index in [1.54, 1.807) is 0 Å². The minimum absolute atomic E-state index is 0.0475. The van der Waals surface area contributed by atoms with Crippen LogP contribution in [0.1, 0.15) is 20.8 Å². The molecule has 1 fully saturated rings. The maximum atomic E-state index is 12.7. The van der Waals surface area contributed by atoms with Gasteiger partial charge in [0.2, 0.25) is 0 Å². The average Bonchev–Trinajstić information content (AvgIpc) is 2.27. The molecule has 15 heavy (non-hydrogen) atoms. The van der Waals surface area contributed by atoms with Crippen molar-refractivity contribution in [1.29, 1.82) is 0 Å². The molecule has 0 radical (unpaired) electrons. The summed E-state index contributed by atoms with van der Waals surface area (Å²) < 4.78 is 30.4. The molecule has 1 atom stereocenters. The van der Waals surface area contributed by atoms with Crippen LogP contribution in [0.25, 0.3) is 0 Å². The molecule has 1 rings (SSSR count). The van der Waals surface area contributed by atoms with Crippen molar-refractivity contribution >= 4 is 0 Å². The number of β-amino-alcohol motifs (C(OH)–C–C–N with tert-alkyl or cyclic N) is 1. The second-order valence-electron chi connectivity index (χ2n) is 5.05. The van der Waals surface area contributed by atoms with Gasteiger partial charge in [-0.2, -0.15) is 0 Å². The van der Waals surface area contributed by atoms with Crippen LogP contribution in [0, 0.1) is 0 Å². The molecule has 0 amide bonds. The third-order valence-corrected chi connectivity index (χ3v) is 2.68. The maximum Gasteiger partial charge on any atom is 0.270 e. The highest BCUT2D eigenvalue weighted by Gasteiger charge is 2.43. The number of ether oxygens (including phenoxy) is 1. The van der Waals surface area contributed by atoms with Crippen LogP contribution in [0.15, 0.2) is 0 Å². The van der Waals surface area contributed by atoms with Crippen molar-refractivity contribution in [3.8, 4) is 0 Å². The molecule has 1 aliphatic rings. The predicted molar refractivity (Wildman–Crippen MR) is 53.1 cm³/mol. The summed E-state index contributed by atoms with van der Waals surface area (Å²) in [6, 6.07) is 0. The van der Waals surface area contributed by atoms with Gasteiger partial charge >= 0.3 is 0 Å². The van der Waals surface area contributed by atoms with Gasteiger partial charge in [-0.3, -0.25) is 4.90 Å². The standard InChI is InChI=1S/C10H19F2NO2/c1-9(2,3)13-4-5-15-7-10(14,6-13)8(11)12/h8,14H,4-7H2,1-3H3/t10-/m0/s1. The fraction of sp³-hybridized carbons (Fsp3) is 1.00. The van der Waals surface area contributed by atoms with E-state index in [1.807, 2.05) is 25.7 Å². The van der Waals surface area contributed by atoms with Crippen LogP contribution in [0.4, 0.5) is 8.78 Å². The Morgan fingerprint density at radius 3 is 2.47 bits per heavy atom. The molecular weight excluding hydrogens is 204 g/mol. The van der Waals surface area contributed by atoms with Crippen LogP contribution in [0.2, 0.25) is 0 Å². The van der Waals surface area contributed by atoms with E-state index in [-0.39, 0.29) is 18.7 Å². The van der Waals surface area contributed by atoms with Gasteiger partial charge in [-0.1, -0.05) is 0 Å². The third kappa shape index (κ3) is 3.09. The van der Waals surface area contributed by atoms with Crippen molar-refractivity contribution in [2.75, 3.05) is 26.3 Å². The fourth-order valence-corrected chi connectivity index (χ4v) is 1.58. The van der Waals surface area contributed by atoms with Gasteiger partial charge in [0, 0.05) is 18.6 Å². The summed E-state index contributed by atoms with van der Waals surface area (Å²) in [5.74, 6) is 0. The minimum atomic E-state index is -2.78. The topological polar surface area (TPSA) is 32.7 Å². The number of aliphatic hydroxyl groups is 1. The van der Waals surface area contributed by atoms with Crippen LogP contribution < -0.4 is 0 Å². The zero-order valence-electron chi connectivity index (χ0n) is 9.46. The number of rotatable bonds is 1. The van der Waals surface area contributed by atoms with E-state index in [0.29, 0.717) is 13.2 Å². The van der Waals surface area contributed by atoms with Crippen molar-refractivity contribution in [2.24, 2.45) is 0 Å². The van der Waals surface area contributed by atoms with Gasteiger partial charge in [0.15, 0.2) is 5.60 Å². The first kappa shape index (κ1) is 12.8. The first-order valence-corrected chi connectivity index (χ1v) is 5.09. The van der Waals surface area contributed by atoms with E-state index in [9.17, 15) is 13.9 Å². The summed E-state index contributed by atoms with van der Waals surface area (Å²) in [5.41, 5.74) is -2.28. The zero-order valence-corrected chi connectivity index (χ0v) is 9.46. The lowest BCUT2D eigenvalue weighted by atomic mass is 10.0. The molecule has 3 nitrogen and oxygen atoms in total. The number of hydrogen-bond acceptors (Lipinski definition) is 3. The molecule has 0 spiro atoms. The fourth-order valence-electron chi connectivity index (χ4n) is 1.58. The minimum Gasteiger partial charge on any atom is -0.380 e. The van der Waals surface area contributed by atoms with Crippen LogP contribution in [-0.4, -0.2) is 53.9 Å². The van der Waals surface area contributed by atoms with Crippen molar-refractivity contribution in [1.82, 2.24) is 4.90 Å². The monoisotopic (exact) mass is 223 g/mol. The van der Waals surface area contributed by atoms with E-state index in [2.05, 4.69) is 0 Å². The van der Waals surface area contributed by atoms with Gasteiger partial charge in [0.05, 0.1) is 13.2 Å². The second kappa shape index (κ2) is 4.31. The average molecular weight is 223 g/mol. The highest BCUT2D eigenvalue weighted by molar-refractivity contribution is 4.91. The summed E-state index contributed by atoms with van der Waals surface area (Å²) >= 11 is 0. The smallest absolute Gasteiger partial charge is 0.270 e. The van der Waals surface area contributed by atoms with Gasteiger partial charge in [0.25, 0.3) is 6.43 Å². The number of alkyl halides is 2. The lowest BCUT2D eigenvalue weighted by molar-refractivity contribution is -0.137. The lowest BCUT2D eigenvalue weighted by Crippen LogP contribution is -2.54. The molecule has 0 unspecified atom stereocenters. The SMILES string of the molecule is CC(C)(C)N1CCOC[C@](O)(C(F)F)C1. The Kier molecular flexibility index (Phi) is 3.68. The van der Waals surface area contributed by atoms with Gasteiger partial charge < -0.3 is 9.84 Å². The van der Waals surface area contributed by atoms with Crippen molar-refractivity contribution in [2.45, 2.75) is 38.3 Å². The van der Waals surface area contributed by atoms with Gasteiger partial charge in [0.1, 0.15) is 0 Å². The third-order valence-electron chi connectivity index (χ3n) is 2.68. The van der Waals surface area contributed by atoms with E-state index in [4.69, 9.17) is 4.74 Å². The molecule has 90 valence electrons. The number of halogens is 2. The molecule has 0 bridgehead atoms. The molecule has 5 heteroatoms. The van der Waals surface area contributed by atoms with Gasteiger partial charge in [-0.25, -0.2) is 8.78 Å². The molecule has 0 aromatic heterocycles. The summed E-state index contributed by atoms with van der Waals surface area (Å²) in [6.45, 7) is 6.41. The first-order chi connectivity index (χ1) is 6.76. The van der Waals surface area contributed by atoms with Crippen molar-refractivity contribution in [3.05, 3.63) is 0 Å². The van der Waals surface area contributed by atoms with E-state index < -0.39 is 12.0 Å². The molecule has 1 saturated heterocycles. The highest BCUT2D eigenvalue weighted by atomic mass is 19.3. The Bertz CT molecular complexity index is 218. The summed E-state index contributed by atoms with van der Waals surface area (Å²) in [7, 11) is 0. The molecule has 1 aliphatic heterocycles. The van der Waals surface area contributed by atoms with E-state index >= 15 is 0 Å². The lowest BCUT2D eigenvalue weighted by Gasteiger charge is -2.38. The normalized spacial score (nSPS) is 30.6. The summed E-state index contributed by atoms with van der Waals surface area (Å²) in [4.78, 5) is 1.83. The highest BCUT2D eigenvalue weighted by Crippen LogP contribution is 2.24. The Balaban J connectivity index is 2.78. The zero-order chi connectivity index (χ0) is 11.7. The van der Waals surface area contributed by atoms with Crippen LogP contribution >= 0.6 is 0 Å². The van der Waals surface area contributed by atoms with Gasteiger partial charge in [-0.05, 0) is 20.8 Å². The second-order valence-corrected chi connectivity index (χ2v) is 5.05. The molecule has 1 heterocycles. The molecular formula is C10H19F2NO2. The number of nitrogens with zero attached hydrogens (tertiary/aromatic N) is 1. The Morgan fingerprint density at radius 1 is 1.40 bits per heavy atom. The van der Waals surface area contributed by atoms with Crippen molar-refractivity contribution < 1.29 is 18.6 Å². The molecule has 0 saturated carbocycles. The Hall–Kier alpha value is -0.260. The molecule has 0 aliphatic carbocycles. The maximum absolute atomic E-state index is 12.7. The van der Waals surface area contributed by atoms with Crippen molar-refractivity contribution in [3.63, 3.8) is 0 Å². The molecule has 1 N–H and O–H groups in total. The van der Waals surface area contributed by atoms with Gasteiger partial charge in [-0.15, -0.1) is 0 Å². The summed E-state index contributed by atoms with van der Waals surface area (Å²) in [6.07, 6.45) is -2.78.